The molecule has 1 heterocycles. The summed E-state index contributed by atoms with van der Waals surface area (Å²) in [6, 6.07) is 0.805. The molecule has 14 heavy (non-hydrogen) atoms. The van der Waals surface area contributed by atoms with Crippen LogP contribution in [0.15, 0.2) is 6.07 Å². The average Bonchev–Trinajstić information content (AvgIpc) is 2.17. The van der Waals surface area contributed by atoms with Gasteiger partial charge in [-0.25, -0.2) is 13.8 Å². The van der Waals surface area contributed by atoms with Crippen LogP contribution in [-0.2, 0) is 5.88 Å². The summed E-state index contributed by atoms with van der Waals surface area (Å²) in [4.78, 5) is 13.8. The molecule has 0 atom stereocenters. The molecule has 0 radical (unpaired) electrons. The van der Waals surface area contributed by atoms with Crippen LogP contribution < -0.4 is 0 Å². The monoisotopic (exact) mass is 221 g/mol. The highest BCUT2D eigenvalue weighted by molar-refractivity contribution is 6.17. The van der Waals surface area contributed by atoms with Gasteiger partial charge in [-0.1, -0.05) is 0 Å². The zero-order valence-corrected chi connectivity index (χ0v) is 7.63. The number of rotatable bonds is 3. The van der Waals surface area contributed by atoms with Crippen LogP contribution >= 0.6 is 11.6 Å². The maximum absolute atomic E-state index is 12.3. The minimum atomic E-state index is -2.78. The van der Waals surface area contributed by atoms with Crippen molar-refractivity contribution < 1.29 is 18.7 Å². The molecule has 0 aromatic carbocycles. The zero-order chi connectivity index (χ0) is 10.7. The van der Waals surface area contributed by atoms with E-state index in [-0.39, 0.29) is 23.6 Å². The van der Waals surface area contributed by atoms with Crippen LogP contribution in [0, 0.1) is 0 Å². The highest BCUT2D eigenvalue weighted by atomic mass is 35.5. The first kappa shape index (κ1) is 10.8. The number of nitrogens with zero attached hydrogens (tertiary/aromatic N) is 1. The Labute approximate surface area is 83.3 Å². The highest BCUT2D eigenvalue weighted by Crippen LogP contribution is 2.27. The topological polar surface area (TPSA) is 50.2 Å². The van der Waals surface area contributed by atoms with Crippen molar-refractivity contribution >= 4 is 17.9 Å². The number of carbonyl (C=O) groups is 1. The van der Waals surface area contributed by atoms with Crippen LogP contribution in [0.1, 0.15) is 28.2 Å². The summed E-state index contributed by atoms with van der Waals surface area (Å²) in [5.41, 5.74) is -0.838. The number of aromatic nitrogens is 1. The van der Waals surface area contributed by atoms with Gasteiger partial charge < -0.3 is 5.11 Å². The van der Waals surface area contributed by atoms with Gasteiger partial charge in [-0.2, -0.15) is 0 Å². The molecule has 6 heteroatoms. The van der Waals surface area contributed by atoms with Crippen molar-refractivity contribution in [2.45, 2.75) is 12.3 Å². The maximum atomic E-state index is 12.3. The Morgan fingerprint density at radius 2 is 2.29 bits per heavy atom. The lowest BCUT2D eigenvalue weighted by Gasteiger charge is -2.07. The molecule has 0 saturated heterocycles. The lowest BCUT2D eigenvalue weighted by molar-refractivity contribution is 0.111. The van der Waals surface area contributed by atoms with Gasteiger partial charge in [-0.3, -0.25) is 4.79 Å². The third-order valence-corrected chi connectivity index (χ3v) is 1.87. The standard InChI is InChI=1S/C8H6ClF2NO2/c9-2-5-4(8(10)11)1-7(14)6(3-13)12-5/h1,3,8,14H,2H2. The summed E-state index contributed by atoms with van der Waals surface area (Å²) in [5.74, 6) is -0.801. The van der Waals surface area contributed by atoms with Gasteiger partial charge in [0, 0.05) is 5.56 Å². The minimum Gasteiger partial charge on any atom is -0.506 e. The number of hydrogen-bond acceptors (Lipinski definition) is 3. The molecule has 0 aliphatic carbocycles. The van der Waals surface area contributed by atoms with Crippen LogP contribution in [0.5, 0.6) is 5.75 Å². The van der Waals surface area contributed by atoms with Crippen molar-refractivity contribution in [3.8, 4) is 5.75 Å². The fourth-order valence-corrected chi connectivity index (χ4v) is 1.17. The van der Waals surface area contributed by atoms with Gasteiger partial charge >= 0.3 is 0 Å². The molecular weight excluding hydrogens is 216 g/mol. The molecule has 0 unspecified atom stereocenters. The van der Waals surface area contributed by atoms with Gasteiger partial charge in [-0.05, 0) is 6.07 Å². The van der Waals surface area contributed by atoms with Gasteiger partial charge in [0.05, 0.1) is 11.6 Å². The van der Waals surface area contributed by atoms with E-state index in [0.717, 1.165) is 6.07 Å². The number of alkyl halides is 3. The smallest absolute Gasteiger partial charge is 0.265 e. The molecule has 0 spiro atoms. The van der Waals surface area contributed by atoms with Crippen molar-refractivity contribution in [2.75, 3.05) is 0 Å². The van der Waals surface area contributed by atoms with Crippen LogP contribution in [0.25, 0.3) is 0 Å². The van der Waals surface area contributed by atoms with E-state index in [1.54, 1.807) is 0 Å². The maximum Gasteiger partial charge on any atom is 0.265 e. The van der Waals surface area contributed by atoms with Crippen LogP contribution in [0.3, 0.4) is 0 Å². The Morgan fingerprint density at radius 1 is 1.64 bits per heavy atom. The van der Waals surface area contributed by atoms with E-state index in [9.17, 15) is 13.6 Å². The number of aldehydes is 1. The Kier molecular flexibility index (Phi) is 3.35. The summed E-state index contributed by atoms with van der Waals surface area (Å²) < 4.78 is 24.7. The third-order valence-electron chi connectivity index (χ3n) is 1.62. The lowest BCUT2D eigenvalue weighted by atomic mass is 10.2. The molecular formula is C8H6ClF2NO2. The van der Waals surface area contributed by atoms with Crippen molar-refractivity contribution in [2.24, 2.45) is 0 Å². The minimum absolute atomic E-state index is 0.0958. The predicted molar refractivity (Wildman–Crippen MR) is 45.8 cm³/mol. The summed E-state index contributed by atoms with van der Waals surface area (Å²) in [5, 5.41) is 9.09. The second-order valence-corrected chi connectivity index (χ2v) is 2.75. The first-order valence-electron chi connectivity index (χ1n) is 3.62. The molecule has 0 aliphatic heterocycles. The van der Waals surface area contributed by atoms with Crippen molar-refractivity contribution in [1.29, 1.82) is 0 Å². The van der Waals surface area contributed by atoms with Gasteiger partial charge in [0.15, 0.2) is 6.29 Å². The summed E-state index contributed by atoms with van der Waals surface area (Å²) >= 11 is 5.36. The normalized spacial score (nSPS) is 10.6. The average molecular weight is 222 g/mol. The summed E-state index contributed by atoms with van der Waals surface area (Å²) in [6.45, 7) is 0. The SMILES string of the molecule is O=Cc1nc(CCl)c(C(F)F)cc1O. The zero-order valence-electron chi connectivity index (χ0n) is 6.88. The molecule has 1 rings (SSSR count). The van der Waals surface area contributed by atoms with E-state index in [0.29, 0.717) is 0 Å². The summed E-state index contributed by atoms with van der Waals surface area (Å²) in [6.07, 6.45) is -2.50. The number of halogens is 3. The molecule has 0 amide bonds. The van der Waals surface area contributed by atoms with Crippen molar-refractivity contribution in [3.63, 3.8) is 0 Å². The fourth-order valence-electron chi connectivity index (χ4n) is 0.954. The van der Waals surface area contributed by atoms with Crippen LogP contribution in [0.2, 0.25) is 0 Å². The van der Waals surface area contributed by atoms with Crippen LogP contribution in [-0.4, -0.2) is 16.4 Å². The first-order chi connectivity index (χ1) is 6.60. The lowest BCUT2D eigenvalue weighted by Crippen LogP contribution is -2.00. The van der Waals surface area contributed by atoms with Gasteiger partial charge in [0.25, 0.3) is 6.43 Å². The van der Waals surface area contributed by atoms with Gasteiger partial charge in [0.1, 0.15) is 11.4 Å². The molecule has 1 aromatic rings. The van der Waals surface area contributed by atoms with Crippen LogP contribution in [0.4, 0.5) is 8.78 Å². The molecule has 0 aliphatic rings. The highest BCUT2D eigenvalue weighted by Gasteiger charge is 2.17. The van der Waals surface area contributed by atoms with E-state index in [4.69, 9.17) is 16.7 Å². The molecule has 0 fully saturated rings. The second kappa shape index (κ2) is 4.32. The quantitative estimate of drug-likeness (QED) is 0.629. The fraction of sp³-hybridized carbons (Fsp3) is 0.250. The van der Waals surface area contributed by atoms with Gasteiger partial charge in [0.2, 0.25) is 0 Å². The number of pyridine rings is 1. The van der Waals surface area contributed by atoms with Crippen molar-refractivity contribution in [1.82, 2.24) is 4.98 Å². The van der Waals surface area contributed by atoms with E-state index < -0.39 is 17.7 Å². The molecule has 0 saturated carbocycles. The predicted octanol–water partition coefficient (Wildman–Crippen LogP) is 2.28. The summed E-state index contributed by atoms with van der Waals surface area (Å²) in [7, 11) is 0. The second-order valence-electron chi connectivity index (χ2n) is 2.48. The largest absolute Gasteiger partial charge is 0.506 e. The Morgan fingerprint density at radius 3 is 2.71 bits per heavy atom. The van der Waals surface area contributed by atoms with E-state index in [2.05, 4.69) is 4.98 Å². The third kappa shape index (κ3) is 1.98. The number of hydrogen-bond donors (Lipinski definition) is 1. The van der Waals surface area contributed by atoms with E-state index in [1.807, 2.05) is 0 Å². The first-order valence-corrected chi connectivity index (χ1v) is 4.15. The molecule has 1 N–H and O–H groups in total. The Balaban J connectivity index is 3.31. The Bertz CT molecular complexity index is 357. The van der Waals surface area contributed by atoms with E-state index >= 15 is 0 Å². The molecule has 1 aromatic heterocycles. The number of aromatic hydroxyl groups is 1. The molecule has 76 valence electrons. The Hall–Kier alpha value is -1.23. The van der Waals surface area contributed by atoms with E-state index in [1.165, 1.54) is 0 Å². The van der Waals surface area contributed by atoms with Gasteiger partial charge in [-0.15, -0.1) is 11.6 Å². The molecule has 3 nitrogen and oxygen atoms in total. The molecule has 0 bridgehead atoms. The van der Waals surface area contributed by atoms with Crippen molar-refractivity contribution in [3.05, 3.63) is 23.0 Å². The number of carbonyl (C=O) groups excluding carboxylic acids is 1.